The average molecular weight is 248 g/mol. The van der Waals surface area contributed by atoms with Gasteiger partial charge < -0.3 is 15.7 Å². The molecule has 0 aromatic heterocycles. The fraction of sp³-hybridized carbons (Fsp3) is 0.385. The Labute approximate surface area is 105 Å². The first kappa shape index (κ1) is 12.6. The van der Waals surface area contributed by atoms with E-state index < -0.39 is 5.97 Å². The molecule has 1 aromatic rings. The summed E-state index contributed by atoms with van der Waals surface area (Å²) in [6.07, 6.45) is 0.493. The van der Waals surface area contributed by atoms with Gasteiger partial charge in [-0.1, -0.05) is 12.1 Å². The summed E-state index contributed by atoms with van der Waals surface area (Å²) in [5.41, 5.74) is 7.11. The lowest BCUT2D eigenvalue weighted by Gasteiger charge is -2.16. The van der Waals surface area contributed by atoms with Crippen LogP contribution < -0.4 is 10.6 Å². The molecule has 0 aliphatic carbocycles. The Morgan fingerprint density at radius 2 is 2.06 bits per heavy atom. The summed E-state index contributed by atoms with van der Waals surface area (Å²) < 4.78 is 0. The molecule has 18 heavy (non-hydrogen) atoms. The fourth-order valence-corrected chi connectivity index (χ4v) is 2.16. The quantitative estimate of drug-likeness (QED) is 0.818. The molecular weight excluding hydrogens is 232 g/mol. The van der Waals surface area contributed by atoms with Crippen molar-refractivity contribution in [2.75, 3.05) is 18.0 Å². The number of benzene rings is 1. The van der Waals surface area contributed by atoms with Crippen LogP contribution in [0, 0.1) is 5.92 Å². The van der Waals surface area contributed by atoms with Crippen LogP contribution in [0.3, 0.4) is 0 Å². The second-order valence-corrected chi connectivity index (χ2v) is 4.55. The molecule has 0 spiro atoms. The number of hydrogen-bond acceptors (Lipinski definition) is 3. The van der Waals surface area contributed by atoms with Crippen molar-refractivity contribution in [2.45, 2.75) is 12.8 Å². The van der Waals surface area contributed by atoms with Crippen molar-refractivity contribution in [1.29, 1.82) is 0 Å². The lowest BCUT2D eigenvalue weighted by atomic mass is 10.1. The van der Waals surface area contributed by atoms with Gasteiger partial charge in [-0.3, -0.25) is 9.59 Å². The second-order valence-electron chi connectivity index (χ2n) is 4.55. The molecule has 1 aliphatic heterocycles. The summed E-state index contributed by atoms with van der Waals surface area (Å²) in [5, 5.41) is 8.68. The van der Waals surface area contributed by atoms with Crippen LogP contribution in [0.1, 0.15) is 12.0 Å². The van der Waals surface area contributed by atoms with E-state index in [4.69, 9.17) is 10.8 Å². The zero-order valence-corrected chi connectivity index (χ0v) is 10.0. The second kappa shape index (κ2) is 5.18. The van der Waals surface area contributed by atoms with Crippen LogP contribution in [0.25, 0.3) is 0 Å². The summed E-state index contributed by atoms with van der Waals surface area (Å²) >= 11 is 0. The van der Waals surface area contributed by atoms with E-state index in [-0.39, 0.29) is 18.2 Å². The van der Waals surface area contributed by atoms with Gasteiger partial charge in [0.2, 0.25) is 5.91 Å². The highest BCUT2D eigenvalue weighted by Gasteiger charge is 2.29. The number of hydrogen-bond donors (Lipinski definition) is 2. The van der Waals surface area contributed by atoms with E-state index in [0.717, 1.165) is 11.3 Å². The van der Waals surface area contributed by atoms with E-state index in [1.54, 1.807) is 29.2 Å². The molecular formula is C13H16N2O3. The summed E-state index contributed by atoms with van der Waals surface area (Å²) in [5.74, 6) is -0.559. The Morgan fingerprint density at radius 1 is 1.39 bits per heavy atom. The predicted molar refractivity (Wildman–Crippen MR) is 67.3 cm³/mol. The lowest BCUT2D eigenvalue weighted by molar-refractivity contribution is -0.136. The molecule has 0 bridgehead atoms. The molecule has 1 saturated heterocycles. The molecule has 1 heterocycles. The number of carbonyl (C=O) groups is 2. The van der Waals surface area contributed by atoms with Crippen LogP contribution in [0.5, 0.6) is 0 Å². The maximum Gasteiger partial charge on any atom is 0.307 e. The summed E-state index contributed by atoms with van der Waals surface area (Å²) in [6.45, 7) is 1.16. The standard InChI is InChI=1S/C13H16N2O3/c14-7-10-5-12(16)15(8-10)11-3-1-9(2-4-11)6-13(17)18/h1-4,10H,5-8,14H2,(H,17,18). The van der Waals surface area contributed by atoms with Gasteiger partial charge in [0, 0.05) is 18.7 Å². The Hall–Kier alpha value is -1.88. The van der Waals surface area contributed by atoms with Crippen LogP contribution >= 0.6 is 0 Å². The average Bonchev–Trinajstić information content (AvgIpc) is 2.71. The van der Waals surface area contributed by atoms with E-state index in [1.807, 2.05) is 0 Å². The first-order valence-electron chi connectivity index (χ1n) is 5.91. The van der Waals surface area contributed by atoms with Crippen LogP contribution in [0.4, 0.5) is 5.69 Å². The highest BCUT2D eigenvalue weighted by Crippen LogP contribution is 2.24. The molecule has 5 heteroatoms. The highest BCUT2D eigenvalue weighted by atomic mass is 16.4. The first-order valence-corrected chi connectivity index (χ1v) is 5.91. The summed E-state index contributed by atoms with van der Waals surface area (Å²) in [6, 6.07) is 7.06. The van der Waals surface area contributed by atoms with Crippen molar-refractivity contribution in [3.05, 3.63) is 29.8 Å². The highest BCUT2D eigenvalue weighted by molar-refractivity contribution is 5.95. The Kier molecular flexibility index (Phi) is 3.62. The number of rotatable bonds is 4. The van der Waals surface area contributed by atoms with Crippen LogP contribution in [0.2, 0.25) is 0 Å². The van der Waals surface area contributed by atoms with Crippen molar-refractivity contribution in [3.63, 3.8) is 0 Å². The van der Waals surface area contributed by atoms with Gasteiger partial charge in [-0.25, -0.2) is 0 Å². The van der Waals surface area contributed by atoms with Crippen LogP contribution in [-0.2, 0) is 16.0 Å². The van der Waals surface area contributed by atoms with Crippen molar-refractivity contribution >= 4 is 17.6 Å². The predicted octanol–water partition coefficient (Wildman–Crippen LogP) is 0.625. The normalized spacial score (nSPS) is 19.3. The zero-order chi connectivity index (χ0) is 13.1. The number of carboxylic acid groups (broad SMARTS) is 1. The maximum atomic E-state index is 11.8. The number of carboxylic acids is 1. The van der Waals surface area contributed by atoms with E-state index in [1.165, 1.54) is 0 Å². The summed E-state index contributed by atoms with van der Waals surface area (Å²) in [7, 11) is 0. The fourth-order valence-electron chi connectivity index (χ4n) is 2.16. The van der Waals surface area contributed by atoms with E-state index >= 15 is 0 Å². The minimum atomic E-state index is -0.858. The zero-order valence-electron chi connectivity index (χ0n) is 10.0. The molecule has 1 aromatic carbocycles. The van der Waals surface area contributed by atoms with Crippen LogP contribution in [0.15, 0.2) is 24.3 Å². The maximum absolute atomic E-state index is 11.8. The van der Waals surface area contributed by atoms with Gasteiger partial charge >= 0.3 is 5.97 Å². The van der Waals surface area contributed by atoms with Crippen molar-refractivity contribution in [2.24, 2.45) is 11.7 Å². The van der Waals surface area contributed by atoms with Crippen molar-refractivity contribution in [1.82, 2.24) is 0 Å². The molecule has 2 rings (SSSR count). The third-order valence-electron chi connectivity index (χ3n) is 3.14. The molecule has 1 amide bonds. The molecule has 1 fully saturated rings. The number of nitrogens with two attached hydrogens (primary N) is 1. The van der Waals surface area contributed by atoms with E-state index in [0.29, 0.717) is 19.5 Å². The molecule has 3 N–H and O–H groups in total. The third-order valence-corrected chi connectivity index (χ3v) is 3.14. The number of amides is 1. The van der Waals surface area contributed by atoms with Crippen molar-refractivity contribution in [3.8, 4) is 0 Å². The van der Waals surface area contributed by atoms with Gasteiger partial charge in [0.1, 0.15) is 0 Å². The van der Waals surface area contributed by atoms with Gasteiger partial charge in [0.25, 0.3) is 0 Å². The number of aliphatic carboxylic acids is 1. The molecule has 0 saturated carbocycles. The largest absolute Gasteiger partial charge is 0.481 e. The number of carbonyl (C=O) groups excluding carboxylic acids is 1. The smallest absolute Gasteiger partial charge is 0.307 e. The van der Waals surface area contributed by atoms with Gasteiger partial charge in [-0.15, -0.1) is 0 Å². The lowest BCUT2D eigenvalue weighted by Crippen LogP contribution is -2.25. The van der Waals surface area contributed by atoms with Crippen LogP contribution in [-0.4, -0.2) is 30.1 Å². The molecule has 1 unspecified atom stereocenters. The van der Waals surface area contributed by atoms with Gasteiger partial charge in [0.05, 0.1) is 6.42 Å². The topological polar surface area (TPSA) is 83.6 Å². The monoisotopic (exact) mass is 248 g/mol. The minimum Gasteiger partial charge on any atom is -0.481 e. The van der Waals surface area contributed by atoms with E-state index in [9.17, 15) is 9.59 Å². The summed E-state index contributed by atoms with van der Waals surface area (Å²) in [4.78, 5) is 24.1. The van der Waals surface area contributed by atoms with Gasteiger partial charge in [0.15, 0.2) is 0 Å². The minimum absolute atomic E-state index is 0.000346. The van der Waals surface area contributed by atoms with Crippen molar-refractivity contribution < 1.29 is 14.7 Å². The van der Waals surface area contributed by atoms with Gasteiger partial charge in [-0.05, 0) is 30.2 Å². The number of nitrogens with zero attached hydrogens (tertiary/aromatic N) is 1. The molecule has 5 nitrogen and oxygen atoms in total. The molecule has 96 valence electrons. The molecule has 1 aliphatic rings. The molecule has 1 atom stereocenters. The van der Waals surface area contributed by atoms with Gasteiger partial charge in [-0.2, -0.15) is 0 Å². The Balaban J connectivity index is 2.10. The SMILES string of the molecule is NCC1CC(=O)N(c2ccc(CC(=O)O)cc2)C1. The molecule has 0 radical (unpaired) electrons. The van der Waals surface area contributed by atoms with E-state index in [2.05, 4.69) is 0 Å². The Morgan fingerprint density at radius 3 is 2.56 bits per heavy atom. The number of anilines is 1. The Bertz CT molecular complexity index is 456. The first-order chi connectivity index (χ1) is 8.60. The third kappa shape index (κ3) is 2.68.